The van der Waals surface area contributed by atoms with Crippen LogP contribution in [0.15, 0.2) is 66.7 Å². The molecule has 3 aromatic rings. The standard InChI is InChI=1S/C21H18N2O5/c22-19(24)12-27-18-11-4-3-9-16(18)21(26)28-13-20(25)23-17-10-5-7-14-6-1-2-8-15(14)17/h1-11H,12-13H2,(H2,22,24)(H,23,25). The lowest BCUT2D eigenvalue weighted by molar-refractivity contribution is -0.120. The van der Waals surface area contributed by atoms with E-state index in [1.807, 2.05) is 36.4 Å². The van der Waals surface area contributed by atoms with Crippen molar-refractivity contribution in [3.8, 4) is 5.75 Å². The van der Waals surface area contributed by atoms with Crippen LogP contribution in [0.25, 0.3) is 10.8 Å². The molecule has 0 unspecified atom stereocenters. The van der Waals surface area contributed by atoms with Gasteiger partial charge in [0, 0.05) is 11.1 Å². The molecule has 0 saturated heterocycles. The second-order valence-corrected chi connectivity index (χ2v) is 5.90. The number of hydrogen-bond donors (Lipinski definition) is 2. The Labute approximate surface area is 161 Å². The number of carbonyl (C=O) groups is 3. The smallest absolute Gasteiger partial charge is 0.342 e. The Morgan fingerprint density at radius 3 is 2.39 bits per heavy atom. The van der Waals surface area contributed by atoms with Crippen molar-refractivity contribution in [2.75, 3.05) is 18.5 Å². The largest absolute Gasteiger partial charge is 0.483 e. The predicted molar refractivity (Wildman–Crippen MR) is 104 cm³/mol. The molecule has 142 valence electrons. The summed E-state index contributed by atoms with van der Waals surface area (Å²) in [6.07, 6.45) is 0. The van der Waals surface area contributed by atoms with Gasteiger partial charge < -0.3 is 20.5 Å². The van der Waals surface area contributed by atoms with Crippen LogP contribution in [0.3, 0.4) is 0 Å². The van der Waals surface area contributed by atoms with Crippen LogP contribution in [0.4, 0.5) is 5.69 Å². The third kappa shape index (κ3) is 4.64. The summed E-state index contributed by atoms with van der Waals surface area (Å²) >= 11 is 0. The van der Waals surface area contributed by atoms with Crippen molar-refractivity contribution >= 4 is 34.2 Å². The fourth-order valence-corrected chi connectivity index (χ4v) is 2.64. The van der Waals surface area contributed by atoms with E-state index in [0.29, 0.717) is 5.69 Å². The second-order valence-electron chi connectivity index (χ2n) is 5.90. The number of ether oxygens (including phenoxy) is 2. The lowest BCUT2D eigenvalue weighted by Crippen LogP contribution is -2.23. The topological polar surface area (TPSA) is 108 Å². The number of para-hydroxylation sites is 1. The van der Waals surface area contributed by atoms with E-state index in [1.165, 1.54) is 12.1 Å². The summed E-state index contributed by atoms with van der Waals surface area (Å²) in [6, 6.07) is 19.4. The highest BCUT2D eigenvalue weighted by atomic mass is 16.5. The zero-order chi connectivity index (χ0) is 19.9. The molecule has 0 aliphatic heterocycles. The van der Waals surface area contributed by atoms with Gasteiger partial charge in [-0.1, -0.05) is 48.5 Å². The maximum absolute atomic E-state index is 12.3. The highest BCUT2D eigenvalue weighted by Crippen LogP contribution is 2.23. The van der Waals surface area contributed by atoms with Crippen molar-refractivity contribution in [3.63, 3.8) is 0 Å². The Kier molecular flexibility index (Phi) is 5.86. The van der Waals surface area contributed by atoms with Gasteiger partial charge >= 0.3 is 5.97 Å². The molecule has 0 aliphatic rings. The molecule has 3 rings (SSSR count). The van der Waals surface area contributed by atoms with Crippen LogP contribution in [0, 0.1) is 0 Å². The van der Waals surface area contributed by atoms with E-state index in [-0.39, 0.29) is 17.9 Å². The Morgan fingerprint density at radius 1 is 0.857 bits per heavy atom. The van der Waals surface area contributed by atoms with Gasteiger partial charge in [0.2, 0.25) is 0 Å². The number of amides is 2. The lowest BCUT2D eigenvalue weighted by Gasteiger charge is -2.11. The summed E-state index contributed by atoms with van der Waals surface area (Å²) in [7, 11) is 0. The number of fused-ring (bicyclic) bond motifs is 1. The van der Waals surface area contributed by atoms with Gasteiger partial charge in [-0.25, -0.2) is 4.79 Å². The van der Waals surface area contributed by atoms with Crippen molar-refractivity contribution in [1.29, 1.82) is 0 Å². The molecule has 0 bridgehead atoms. The van der Waals surface area contributed by atoms with Crippen LogP contribution in [0.1, 0.15) is 10.4 Å². The van der Waals surface area contributed by atoms with Gasteiger partial charge in [-0.3, -0.25) is 9.59 Å². The maximum atomic E-state index is 12.3. The number of nitrogens with two attached hydrogens (primary N) is 1. The number of carbonyl (C=O) groups excluding carboxylic acids is 3. The van der Waals surface area contributed by atoms with Crippen LogP contribution in [0.5, 0.6) is 5.75 Å². The molecule has 7 heteroatoms. The molecular weight excluding hydrogens is 360 g/mol. The van der Waals surface area contributed by atoms with E-state index in [9.17, 15) is 14.4 Å². The number of rotatable bonds is 7. The highest BCUT2D eigenvalue weighted by Gasteiger charge is 2.16. The SMILES string of the molecule is NC(=O)COc1ccccc1C(=O)OCC(=O)Nc1cccc2ccccc12. The Hall–Kier alpha value is -3.87. The van der Waals surface area contributed by atoms with Crippen LogP contribution in [0.2, 0.25) is 0 Å². The van der Waals surface area contributed by atoms with Gasteiger partial charge in [-0.05, 0) is 23.6 Å². The third-order valence-corrected chi connectivity index (χ3v) is 3.87. The van der Waals surface area contributed by atoms with Crippen molar-refractivity contribution in [1.82, 2.24) is 0 Å². The van der Waals surface area contributed by atoms with Crippen LogP contribution in [-0.4, -0.2) is 31.0 Å². The summed E-state index contributed by atoms with van der Waals surface area (Å²) < 4.78 is 10.3. The molecule has 28 heavy (non-hydrogen) atoms. The van der Waals surface area contributed by atoms with Gasteiger partial charge in [-0.15, -0.1) is 0 Å². The first kappa shape index (κ1) is 18.9. The molecule has 0 aromatic heterocycles. The number of nitrogens with one attached hydrogen (secondary N) is 1. The number of anilines is 1. The minimum absolute atomic E-state index is 0.0988. The van der Waals surface area contributed by atoms with E-state index in [0.717, 1.165) is 10.8 Å². The molecule has 2 amide bonds. The van der Waals surface area contributed by atoms with Gasteiger partial charge in [0.1, 0.15) is 11.3 Å². The van der Waals surface area contributed by atoms with Crippen molar-refractivity contribution in [2.45, 2.75) is 0 Å². The number of primary amides is 1. The van der Waals surface area contributed by atoms with E-state index < -0.39 is 24.4 Å². The van der Waals surface area contributed by atoms with Crippen LogP contribution < -0.4 is 15.8 Å². The van der Waals surface area contributed by atoms with E-state index in [1.54, 1.807) is 18.2 Å². The first-order chi connectivity index (χ1) is 13.5. The highest BCUT2D eigenvalue weighted by molar-refractivity contribution is 6.03. The molecule has 0 saturated carbocycles. The normalized spacial score (nSPS) is 10.3. The summed E-state index contributed by atoms with van der Waals surface area (Å²) in [5.74, 6) is -1.73. The van der Waals surface area contributed by atoms with Gasteiger partial charge in [0.15, 0.2) is 13.2 Å². The molecule has 0 radical (unpaired) electrons. The monoisotopic (exact) mass is 378 g/mol. The number of benzene rings is 3. The van der Waals surface area contributed by atoms with Crippen molar-refractivity contribution in [2.24, 2.45) is 5.73 Å². The van der Waals surface area contributed by atoms with Crippen LogP contribution >= 0.6 is 0 Å². The molecule has 3 aromatic carbocycles. The maximum Gasteiger partial charge on any atom is 0.342 e. The lowest BCUT2D eigenvalue weighted by atomic mass is 10.1. The summed E-state index contributed by atoms with van der Waals surface area (Å²) in [4.78, 5) is 35.4. The number of esters is 1. The van der Waals surface area contributed by atoms with Gasteiger partial charge in [0.25, 0.3) is 11.8 Å². The third-order valence-electron chi connectivity index (χ3n) is 3.87. The second kappa shape index (κ2) is 8.68. The Balaban J connectivity index is 1.63. The first-order valence-electron chi connectivity index (χ1n) is 8.49. The molecule has 0 atom stereocenters. The molecule has 0 heterocycles. The summed E-state index contributed by atoms with van der Waals surface area (Å²) in [5.41, 5.74) is 5.77. The molecule has 0 aliphatic carbocycles. The van der Waals surface area contributed by atoms with Crippen molar-refractivity contribution < 1.29 is 23.9 Å². The van der Waals surface area contributed by atoms with Gasteiger partial charge in [0.05, 0.1) is 0 Å². The Morgan fingerprint density at radius 2 is 1.57 bits per heavy atom. The average Bonchev–Trinajstić information content (AvgIpc) is 2.71. The minimum Gasteiger partial charge on any atom is -0.483 e. The molecule has 3 N–H and O–H groups in total. The predicted octanol–water partition coefficient (Wildman–Crippen LogP) is 2.50. The van der Waals surface area contributed by atoms with E-state index in [4.69, 9.17) is 15.2 Å². The van der Waals surface area contributed by atoms with E-state index in [2.05, 4.69) is 5.32 Å². The molecule has 0 spiro atoms. The fraction of sp³-hybridized carbons (Fsp3) is 0.0952. The first-order valence-corrected chi connectivity index (χ1v) is 8.49. The quantitative estimate of drug-likeness (QED) is 0.614. The molecular formula is C21H18N2O5. The van der Waals surface area contributed by atoms with E-state index >= 15 is 0 Å². The van der Waals surface area contributed by atoms with Gasteiger partial charge in [-0.2, -0.15) is 0 Å². The summed E-state index contributed by atoms with van der Waals surface area (Å²) in [5, 5.41) is 4.61. The van der Waals surface area contributed by atoms with Crippen LogP contribution in [-0.2, 0) is 14.3 Å². The molecule has 0 fully saturated rings. The zero-order valence-corrected chi connectivity index (χ0v) is 14.9. The minimum atomic E-state index is -0.742. The Bertz CT molecular complexity index is 1030. The zero-order valence-electron chi connectivity index (χ0n) is 14.9. The average molecular weight is 378 g/mol. The summed E-state index contributed by atoms with van der Waals surface area (Å²) in [6.45, 7) is -0.835. The number of hydrogen-bond acceptors (Lipinski definition) is 5. The fourth-order valence-electron chi connectivity index (χ4n) is 2.64. The van der Waals surface area contributed by atoms with Crippen molar-refractivity contribution in [3.05, 3.63) is 72.3 Å². The molecule has 7 nitrogen and oxygen atoms in total.